The van der Waals surface area contributed by atoms with Crippen LogP contribution in [0.3, 0.4) is 0 Å². The quantitative estimate of drug-likeness (QED) is 0.650. The van der Waals surface area contributed by atoms with Crippen molar-refractivity contribution in [3.63, 3.8) is 0 Å². The summed E-state index contributed by atoms with van der Waals surface area (Å²) in [4.78, 5) is 49.6. The molecule has 4 N–H and O–H groups in total. The van der Waals surface area contributed by atoms with Crippen molar-refractivity contribution < 1.29 is 19.2 Å². The Kier molecular flexibility index (Phi) is 3.99. The van der Waals surface area contributed by atoms with Gasteiger partial charge in [0, 0.05) is 24.7 Å². The van der Waals surface area contributed by atoms with E-state index in [2.05, 4.69) is 10.6 Å². The molecule has 0 spiro atoms. The van der Waals surface area contributed by atoms with E-state index in [0.717, 1.165) is 17.7 Å². The Morgan fingerprint density at radius 2 is 1.85 bits per heavy atom. The monoisotopic (exact) mass is 356 g/mol. The lowest BCUT2D eigenvalue weighted by molar-refractivity contribution is -0.136. The summed E-state index contributed by atoms with van der Waals surface area (Å²) in [6.07, 6.45) is 2.56. The van der Waals surface area contributed by atoms with Crippen LogP contribution in [0.4, 0.5) is 5.69 Å². The largest absolute Gasteiger partial charge is 0.383 e. The molecule has 8 nitrogen and oxygen atoms in total. The highest BCUT2D eigenvalue weighted by Gasteiger charge is 2.44. The molecule has 2 atom stereocenters. The van der Waals surface area contributed by atoms with Gasteiger partial charge >= 0.3 is 0 Å². The van der Waals surface area contributed by atoms with Gasteiger partial charge in [-0.05, 0) is 43.4 Å². The number of benzene rings is 1. The van der Waals surface area contributed by atoms with Crippen molar-refractivity contribution in [3.8, 4) is 0 Å². The van der Waals surface area contributed by atoms with Crippen LogP contribution in [-0.4, -0.2) is 47.2 Å². The van der Waals surface area contributed by atoms with E-state index in [4.69, 9.17) is 5.73 Å². The molecule has 2 unspecified atom stereocenters. The number of hydrogen-bond acceptors (Lipinski definition) is 6. The molecular formula is C18H20N4O4. The third-order valence-corrected chi connectivity index (χ3v) is 5.21. The molecule has 8 heteroatoms. The Labute approximate surface area is 150 Å². The van der Waals surface area contributed by atoms with Crippen molar-refractivity contribution >= 4 is 29.3 Å². The van der Waals surface area contributed by atoms with Crippen molar-refractivity contribution in [1.29, 1.82) is 0 Å². The highest BCUT2D eigenvalue weighted by atomic mass is 16.2. The number of nitrogens with two attached hydrogens (primary N) is 1. The smallest absolute Gasteiger partial charge is 0.262 e. The number of hydrogen-bond donors (Lipinski definition) is 3. The van der Waals surface area contributed by atoms with Gasteiger partial charge in [-0.15, -0.1) is 0 Å². The zero-order valence-corrected chi connectivity index (χ0v) is 14.2. The zero-order valence-electron chi connectivity index (χ0n) is 14.2. The minimum absolute atomic E-state index is 0.0700. The summed E-state index contributed by atoms with van der Waals surface area (Å²) in [6, 6.07) is 4.07. The SMILES string of the molecule is NC(CNc1ccc2c(c1)C(=O)N(C1CCC(=O)NC1=O)C2=O)C1CC1. The number of nitrogens with one attached hydrogen (secondary N) is 2. The first kappa shape index (κ1) is 16.7. The molecule has 136 valence electrons. The van der Waals surface area contributed by atoms with Crippen LogP contribution in [0.5, 0.6) is 0 Å². The molecule has 0 radical (unpaired) electrons. The molecule has 1 aromatic carbocycles. The maximum atomic E-state index is 12.7. The molecule has 1 saturated heterocycles. The molecule has 2 fully saturated rings. The average molecular weight is 356 g/mol. The second-order valence-electron chi connectivity index (χ2n) is 7.09. The van der Waals surface area contributed by atoms with Gasteiger partial charge in [-0.3, -0.25) is 29.4 Å². The van der Waals surface area contributed by atoms with Crippen LogP contribution in [0.25, 0.3) is 0 Å². The van der Waals surface area contributed by atoms with Crippen molar-refractivity contribution in [1.82, 2.24) is 10.2 Å². The van der Waals surface area contributed by atoms with Crippen molar-refractivity contribution in [2.24, 2.45) is 11.7 Å². The summed E-state index contributed by atoms with van der Waals surface area (Å²) >= 11 is 0. The average Bonchev–Trinajstić information content (AvgIpc) is 3.43. The molecule has 0 aromatic heterocycles. The van der Waals surface area contributed by atoms with Gasteiger partial charge < -0.3 is 11.1 Å². The fourth-order valence-corrected chi connectivity index (χ4v) is 3.51. The van der Waals surface area contributed by atoms with Crippen molar-refractivity contribution in [2.45, 2.75) is 37.8 Å². The van der Waals surface area contributed by atoms with Crippen LogP contribution < -0.4 is 16.4 Å². The van der Waals surface area contributed by atoms with Gasteiger partial charge in [-0.25, -0.2) is 0 Å². The summed E-state index contributed by atoms with van der Waals surface area (Å²) in [5.41, 5.74) is 7.33. The summed E-state index contributed by atoms with van der Waals surface area (Å²) in [5.74, 6) is -1.44. The number of fused-ring (bicyclic) bond motifs is 1. The Bertz CT molecular complexity index is 817. The summed E-state index contributed by atoms with van der Waals surface area (Å²) in [6.45, 7) is 0.600. The van der Waals surface area contributed by atoms with Crippen LogP contribution >= 0.6 is 0 Å². The Hall–Kier alpha value is -2.74. The van der Waals surface area contributed by atoms with Crippen molar-refractivity contribution in [2.75, 3.05) is 11.9 Å². The van der Waals surface area contributed by atoms with E-state index in [1.165, 1.54) is 0 Å². The molecule has 26 heavy (non-hydrogen) atoms. The van der Waals surface area contributed by atoms with E-state index in [1.54, 1.807) is 18.2 Å². The number of imide groups is 2. The fraction of sp³-hybridized carbons (Fsp3) is 0.444. The van der Waals surface area contributed by atoms with Gasteiger partial charge in [0.15, 0.2) is 0 Å². The molecule has 2 aliphatic heterocycles. The number of carbonyl (C=O) groups excluding carboxylic acids is 4. The maximum absolute atomic E-state index is 12.7. The Morgan fingerprint density at radius 3 is 2.54 bits per heavy atom. The topological polar surface area (TPSA) is 122 Å². The molecule has 2 heterocycles. The predicted molar refractivity (Wildman–Crippen MR) is 92.3 cm³/mol. The number of piperidine rings is 1. The first-order valence-corrected chi connectivity index (χ1v) is 8.81. The van der Waals surface area contributed by atoms with Crippen LogP contribution in [0, 0.1) is 5.92 Å². The number of anilines is 1. The van der Waals surface area contributed by atoms with Gasteiger partial charge in [0.1, 0.15) is 6.04 Å². The second kappa shape index (κ2) is 6.21. The van der Waals surface area contributed by atoms with Crippen LogP contribution in [0.2, 0.25) is 0 Å². The summed E-state index contributed by atoms with van der Waals surface area (Å²) in [5, 5.41) is 5.39. The lowest BCUT2D eigenvalue weighted by Gasteiger charge is -2.27. The number of amides is 4. The Balaban J connectivity index is 1.52. The van der Waals surface area contributed by atoms with E-state index in [0.29, 0.717) is 18.2 Å². The Morgan fingerprint density at radius 1 is 1.12 bits per heavy atom. The first-order valence-electron chi connectivity index (χ1n) is 8.81. The third-order valence-electron chi connectivity index (χ3n) is 5.21. The van der Waals surface area contributed by atoms with Gasteiger partial charge in [0.05, 0.1) is 11.1 Å². The second-order valence-corrected chi connectivity index (χ2v) is 7.09. The zero-order chi connectivity index (χ0) is 18.4. The number of nitrogens with zero attached hydrogens (tertiary/aromatic N) is 1. The lowest BCUT2D eigenvalue weighted by Crippen LogP contribution is -2.54. The highest BCUT2D eigenvalue weighted by Crippen LogP contribution is 2.32. The molecule has 4 rings (SSSR count). The van der Waals surface area contributed by atoms with Crippen LogP contribution in [-0.2, 0) is 9.59 Å². The van der Waals surface area contributed by atoms with Gasteiger partial charge in [-0.2, -0.15) is 0 Å². The minimum Gasteiger partial charge on any atom is -0.383 e. The minimum atomic E-state index is -0.945. The standard InChI is InChI=1S/C18H20N4O4/c19-13(9-1-2-9)8-20-10-3-4-11-12(7-10)18(26)22(17(11)25)14-5-6-15(23)21-16(14)24/h3-4,7,9,13-14,20H,1-2,5-6,8,19H2,(H,21,23,24). The molecule has 3 aliphatic rings. The normalized spacial score (nSPS) is 23.7. The number of carbonyl (C=O) groups is 4. The van der Waals surface area contributed by atoms with E-state index < -0.39 is 23.8 Å². The molecule has 0 bridgehead atoms. The summed E-state index contributed by atoms with van der Waals surface area (Å²) < 4.78 is 0. The fourth-order valence-electron chi connectivity index (χ4n) is 3.51. The van der Waals surface area contributed by atoms with Crippen LogP contribution in [0.15, 0.2) is 18.2 Å². The maximum Gasteiger partial charge on any atom is 0.262 e. The van der Waals surface area contributed by atoms with Gasteiger partial charge in [0.25, 0.3) is 11.8 Å². The number of rotatable bonds is 5. The summed E-state index contributed by atoms with van der Waals surface area (Å²) in [7, 11) is 0. The molecule has 1 aliphatic carbocycles. The first-order chi connectivity index (χ1) is 12.5. The van der Waals surface area contributed by atoms with E-state index >= 15 is 0 Å². The van der Waals surface area contributed by atoms with E-state index in [-0.39, 0.29) is 35.9 Å². The third kappa shape index (κ3) is 2.86. The molecule has 1 saturated carbocycles. The van der Waals surface area contributed by atoms with Crippen LogP contribution in [0.1, 0.15) is 46.4 Å². The lowest BCUT2D eigenvalue weighted by atomic mass is 10.0. The molecule has 1 aromatic rings. The predicted octanol–water partition coefficient (Wildman–Crippen LogP) is 0.237. The highest BCUT2D eigenvalue weighted by molar-refractivity contribution is 6.23. The van der Waals surface area contributed by atoms with Gasteiger partial charge in [0.2, 0.25) is 11.8 Å². The van der Waals surface area contributed by atoms with E-state index in [9.17, 15) is 19.2 Å². The van der Waals surface area contributed by atoms with Gasteiger partial charge in [-0.1, -0.05) is 0 Å². The van der Waals surface area contributed by atoms with Crippen molar-refractivity contribution in [3.05, 3.63) is 29.3 Å². The van der Waals surface area contributed by atoms with E-state index in [1.807, 2.05) is 0 Å². The molecular weight excluding hydrogens is 336 g/mol. The molecule has 4 amide bonds.